The molecule has 0 aromatic carbocycles. The second-order valence-corrected chi connectivity index (χ2v) is 4.84. The summed E-state index contributed by atoms with van der Waals surface area (Å²) in [5.41, 5.74) is 0. The molecule has 0 bridgehead atoms. The molecule has 0 saturated carbocycles. The Labute approximate surface area is 81.7 Å². The molecule has 0 aliphatic rings. The summed E-state index contributed by atoms with van der Waals surface area (Å²) in [6.45, 7) is 6.81. The van der Waals surface area contributed by atoms with Gasteiger partial charge in [0.2, 0.25) is 0 Å². The molecule has 0 radical (unpaired) electrons. The summed E-state index contributed by atoms with van der Waals surface area (Å²) in [6.07, 6.45) is 2.59. The zero-order valence-corrected chi connectivity index (χ0v) is 9.71. The lowest BCUT2D eigenvalue weighted by molar-refractivity contribution is 0.474. The Morgan fingerprint density at radius 2 is 2.00 bits per heavy atom. The first-order valence-corrected chi connectivity index (χ1v) is 6.11. The predicted molar refractivity (Wildman–Crippen MR) is 59.9 cm³/mol. The van der Waals surface area contributed by atoms with E-state index in [0.29, 0.717) is 6.04 Å². The number of hydrogen-bond donors (Lipinski definition) is 1. The molecule has 1 N–H and O–H groups in total. The number of thioether (sulfide) groups is 1. The summed E-state index contributed by atoms with van der Waals surface area (Å²) in [7, 11) is 2.07. The summed E-state index contributed by atoms with van der Waals surface area (Å²) in [4.78, 5) is 0. The van der Waals surface area contributed by atoms with Gasteiger partial charge in [-0.05, 0) is 31.6 Å². The Hall–Kier alpha value is 0.310. The van der Waals surface area contributed by atoms with Crippen molar-refractivity contribution >= 4 is 11.8 Å². The van der Waals surface area contributed by atoms with Gasteiger partial charge >= 0.3 is 0 Å². The van der Waals surface area contributed by atoms with E-state index >= 15 is 0 Å². The minimum absolute atomic E-state index is 0.710. The molecule has 0 spiro atoms. The Morgan fingerprint density at radius 3 is 2.42 bits per heavy atom. The van der Waals surface area contributed by atoms with Crippen molar-refractivity contribution in [1.29, 1.82) is 0 Å². The van der Waals surface area contributed by atoms with Gasteiger partial charge in [0.05, 0.1) is 0 Å². The van der Waals surface area contributed by atoms with Crippen LogP contribution in [0.3, 0.4) is 0 Å². The van der Waals surface area contributed by atoms with E-state index in [9.17, 15) is 0 Å². The minimum atomic E-state index is 0.710. The van der Waals surface area contributed by atoms with Crippen LogP contribution in [0.4, 0.5) is 0 Å². The van der Waals surface area contributed by atoms with Gasteiger partial charge in [0.15, 0.2) is 0 Å². The molecule has 0 aliphatic carbocycles. The number of rotatable bonds is 7. The molecule has 2 heteroatoms. The molecular weight excluding hydrogens is 166 g/mol. The van der Waals surface area contributed by atoms with Crippen molar-refractivity contribution in [3.63, 3.8) is 0 Å². The van der Waals surface area contributed by atoms with Crippen LogP contribution in [0, 0.1) is 5.92 Å². The zero-order chi connectivity index (χ0) is 9.40. The normalized spacial score (nSPS) is 13.8. The van der Waals surface area contributed by atoms with E-state index in [0.717, 1.165) is 5.92 Å². The van der Waals surface area contributed by atoms with Gasteiger partial charge in [-0.25, -0.2) is 0 Å². The second-order valence-electron chi connectivity index (χ2n) is 3.69. The van der Waals surface area contributed by atoms with Gasteiger partial charge in [-0.15, -0.1) is 0 Å². The minimum Gasteiger partial charge on any atom is -0.316 e. The fourth-order valence-corrected chi connectivity index (χ4v) is 2.25. The fraction of sp³-hybridized carbons (Fsp3) is 1.00. The highest BCUT2D eigenvalue weighted by molar-refractivity contribution is 7.99. The largest absolute Gasteiger partial charge is 0.316 e. The highest BCUT2D eigenvalue weighted by atomic mass is 32.2. The Kier molecular flexibility index (Phi) is 8.14. The standard InChI is InChI=1S/C10H23NS/c1-5-6-12-8-10(11-4)7-9(2)3/h9-11H,5-8H2,1-4H3. The van der Waals surface area contributed by atoms with Crippen molar-refractivity contribution in [2.24, 2.45) is 5.92 Å². The van der Waals surface area contributed by atoms with Gasteiger partial charge in [-0.1, -0.05) is 20.8 Å². The van der Waals surface area contributed by atoms with Gasteiger partial charge in [-0.2, -0.15) is 11.8 Å². The molecule has 1 nitrogen and oxygen atoms in total. The molecule has 12 heavy (non-hydrogen) atoms. The van der Waals surface area contributed by atoms with Gasteiger partial charge < -0.3 is 5.32 Å². The maximum Gasteiger partial charge on any atom is 0.0157 e. The van der Waals surface area contributed by atoms with Crippen molar-refractivity contribution in [2.45, 2.75) is 39.7 Å². The molecule has 0 saturated heterocycles. The summed E-state index contributed by atoms with van der Waals surface area (Å²) < 4.78 is 0. The summed E-state index contributed by atoms with van der Waals surface area (Å²) >= 11 is 2.07. The average molecular weight is 189 g/mol. The molecular formula is C10H23NS. The molecule has 74 valence electrons. The lowest BCUT2D eigenvalue weighted by Gasteiger charge is -2.17. The van der Waals surface area contributed by atoms with Gasteiger partial charge in [-0.3, -0.25) is 0 Å². The fourth-order valence-electron chi connectivity index (χ4n) is 1.21. The van der Waals surface area contributed by atoms with E-state index in [2.05, 4.69) is 44.9 Å². The maximum absolute atomic E-state index is 3.37. The number of nitrogens with one attached hydrogen (secondary N) is 1. The van der Waals surface area contributed by atoms with E-state index in [4.69, 9.17) is 0 Å². The van der Waals surface area contributed by atoms with Crippen LogP contribution in [-0.4, -0.2) is 24.6 Å². The third kappa shape index (κ3) is 6.99. The molecule has 0 fully saturated rings. The van der Waals surface area contributed by atoms with Crippen molar-refractivity contribution in [2.75, 3.05) is 18.6 Å². The number of hydrogen-bond acceptors (Lipinski definition) is 2. The Balaban J connectivity index is 3.39. The first-order chi connectivity index (χ1) is 5.70. The molecule has 0 aromatic heterocycles. The highest BCUT2D eigenvalue weighted by Gasteiger charge is 2.07. The first kappa shape index (κ1) is 12.3. The summed E-state index contributed by atoms with van der Waals surface area (Å²) in [5.74, 6) is 3.38. The summed E-state index contributed by atoms with van der Waals surface area (Å²) in [5, 5.41) is 3.37. The van der Waals surface area contributed by atoms with Gasteiger partial charge in [0, 0.05) is 11.8 Å². The lowest BCUT2D eigenvalue weighted by Crippen LogP contribution is -2.29. The molecule has 0 amide bonds. The van der Waals surface area contributed by atoms with E-state index in [1.54, 1.807) is 0 Å². The summed E-state index contributed by atoms with van der Waals surface area (Å²) in [6, 6.07) is 0.710. The molecule has 0 aliphatic heterocycles. The van der Waals surface area contributed by atoms with Crippen molar-refractivity contribution in [3.8, 4) is 0 Å². The van der Waals surface area contributed by atoms with E-state index in [1.165, 1.54) is 24.3 Å². The van der Waals surface area contributed by atoms with Crippen molar-refractivity contribution in [3.05, 3.63) is 0 Å². The molecule has 0 rings (SSSR count). The van der Waals surface area contributed by atoms with Crippen LogP contribution in [0.2, 0.25) is 0 Å². The van der Waals surface area contributed by atoms with Crippen LogP contribution in [0.1, 0.15) is 33.6 Å². The smallest absolute Gasteiger partial charge is 0.0157 e. The Morgan fingerprint density at radius 1 is 1.33 bits per heavy atom. The topological polar surface area (TPSA) is 12.0 Å². The van der Waals surface area contributed by atoms with Crippen molar-refractivity contribution < 1.29 is 0 Å². The molecule has 0 heterocycles. The maximum atomic E-state index is 3.37. The SMILES string of the molecule is CCCSCC(CC(C)C)NC. The van der Waals surface area contributed by atoms with Gasteiger partial charge in [0.25, 0.3) is 0 Å². The van der Waals surface area contributed by atoms with Crippen LogP contribution in [-0.2, 0) is 0 Å². The van der Waals surface area contributed by atoms with Crippen molar-refractivity contribution in [1.82, 2.24) is 5.32 Å². The average Bonchev–Trinajstić information content (AvgIpc) is 2.02. The lowest BCUT2D eigenvalue weighted by atomic mass is 10.1. The molecule has 0 aromatic rings. The highest BCUT2D eigenvalue weighted by Crippen LogP contribution is 2.11. The van der Waals surface area contributed by atoms with E-state index in [-0.39, 0.29) is 0 Å². The van der Waals surface area contributed by atoms with Crippen LogP contribution >= 0.6 is 11.8 Å². The third-order valence-corrected chi connectivity index (χ3v) is 3.17. The Bertz CT molecular complexity index is 93.8. The third-order valence-electron chi connectivity index (χ3n) is 1.83. The monoisotopic (exact) mass is 189 g/mol. The van der Waals surface area contributed by atoms with Gasteiger partial charge in [0.1, 0.15) is 0 Å². The van der Waals surface area contributed by atoms with E-state index in [1.807, 2.05) is 0 Å². The second kappa shape index (κ2) is 7.93. The van der Waals surface area contributed by atoms with Crippen LogP contribution < -0.4 is 5.32 Å². The molecule has 1 atom stereocenters. The quantitative estimate of drug-likeness (QED) is 0.618. The predicted octanol–water partition coefficient (Wildman–Crippen LogP) is 2.76. The van der Waals surface area contributed by atoms with Crippen LogP contribution in [0.5, 0.6) is 0 Å². The molecule has 1 unspecified atom stereocenters. The van der Waals surface area contributed by atoms with Crippen LogP contribution in [0.25, 0.3) is 0 Å². The van der Waals surface area contributed by atoms with E-state index < -0.39 is 0 Å². The van der Waals surface area contributed by atoms with Crippen LogP contribution in [0.15, 0.2) is 0 Å². The zero-order valence-electron chi connectivity index (χ0n) is 8.89. The first-order valence-electron chi connectivity index (χ1n) is 4.95.